The van der Waals surface area contributed by atoms with Crippen LogP contribution >= 0.6 is 0 Å². The number of rotatable bonds is 5. The van der Waals surface area contributed by atoms with E-state index < -0.39 is 0 Å². The molecule has 0 bridgehead atoms. The maximum absolute atomic E-state index is 12.8. The Morgan fingerprint density at radius 3 is 2.55 bits per heavy atom. The molecule has 33 heavy (non-hydrogen) atoms. The molecule has 3 N–H and O–H groups in total. The molecule has 1 amide bonds. The Morgan fingerprint density at radius 1 is 1.03 bits per heavy atom. The van der Waals surface area contributed by atoms with Crippen LogP contribution in [0.5, 0.6) is 0 Å². The van der Waals surface area contributed by atoms with Gasteiger partial charge in [0.1, 0.15) is 5.82 Å². The highest BCUT2D eigenvalue weighted by Crippen LogP contribution is 2.28. The summed E-state index contributed by atoms with van der Waals surface area (Å²) in [5.41, 5.74) is 4.68. The van der Waals surface area contributed by atoms with Crippen molar-refractivity contribution in [3.8, 4) is 0 Å². The fraction of sp³-hybridized carbons (Fsp3) is 0.269. The van der Waals surface area contributed by atoms with Crippen LogP contribution in [0.3, 0.4) is 0 Å². The van der Waals surface area contributed by atoms with Gasteiger partial charge in [-0.05, 0) is 87.3 Å². The minimum absolute atomic E-state index is 0.180. The van der Waals surface area contributed by atoms with E-state index in [1.54, 1.807) is 0 Å². The van der Waals surface area contributed by atoms with Crippen molar-refractivity contribution in [3.63, 3.8) is 0 Å². The molecule has 1 fully saturated rings. The molecule has 2 aromatic heterocycles. The summed E-state index contributed by atoms with van der Waals surface area (Å²) in [6.07, 6.45) is 2.32. The molecule has 3 heterocycles. The van der Waals surface area contributed by atoms with Crippen molar-refractivity contribution in [3.05, 3.63) is 77.4 Å². The van der Waals surface area contributed by atoms with Gasteiger partial charge in [-0.3, -0.25) is 9.89 Å². The van der Waals surface area contributed by atoms with Gasteiger partial charge >= 0.3 is 0 Å². The first-order chi connectivity index (χ1) is 16.1. The van der Waals surface area contributed by atoms with Crippen LogP contribution in [0.25, 0.3) is 11.0 Å². The predicted octanol–water partition coefficient (Wildman–Crippen LogP) is 5.07. The normalized spacial score (nSPS) is 15.0. The third kappa shape index (κ3) is 4.59. The number of likely N-dealkylation sites (tertiary alicyclic amines) is 1. The van der Waals surface area contributed by atoms with Crippen molar-refractivity contribution in [1.82, 2.24) is 20.1 Å². The van der Waals surface area contributed by atoms with E-state index in [9.17, 15) is 4.79 Å². The second-order valence-corrected chi connectivity index (χ2v) is 8.76. The van der Waals surface area contributed by atoms with Gasteiger partial charge in [0, 0.05) is 11.3 Å². The maximum atomic E-state index is 12.8. The molecule has 4 aromatic rings. The van der Waals surface area contributed by atoms with Gasteiger partial charge in [0.15, 0.2) is 11.5 Å². The number of hydrogen-bond acceptors (Lipinski definition) is 5. The number of nitrogens with zero attached hydrogens (tertiary/aromatic N) is 3. The number of nitrogens with one attached hydrogen (secondary N) is 3. The number of carbonyl (C=O) groups is 1. The van der Waals surface area contributed by atoms with E-state index in [0.29, 0.717) is 28.8 Å². The lowest BCUT2D eigenvalue weighted by Gasteiger charge is -2.29. The number of fused-ring (bicyclic) bond motifs is 1. The van der Waals surface area contributed by atoms with Gasteiger partial charge in [0.25, 0.3) is 5.91 Å². The maximum Gasteiger partial charge on any atom is 0.256 e. The van der Waals surface area contributed by atoms with Crippen LogP contribution in [0, 0.1) is 6.92 Å². The first-order valence-corrected chi connectivity index (χ1v) is 11.3. The molecule has 0 radical (unpaired) electrons. The summed E-state index contributed by atoms with van der Waals surface area (Å²) >= 11 is 0. The highest BCUT2D eigenvalue weighted by atomic mass is 16.1. The molecule has 2 aromatic carbocycles. The van der Waals surface area contributed by atoms with Crippen LogP contribution in [-0.4, -0.2) is 46.1 Å². The first-order valence-electron chi connectivity index (χ1n) is 11.3. The minimum atomic E-state index is -0.180. The number of anilines is 3. The van der Waals surface area contributed by atoms with Gasteiger partial charge in [0.05, 0.1) is 5.39 Å². The van der Waals surface area contributed by atoms with Crippen LogP contribution in [-0.2, 0) is 0 Å². The van der Waals surface area contributed by atoms with Crippen molar-refractivity contribution >= 4 is 34.3 Å². The second kappa shape index (κ2) is 9.03. The number of pyridine rings is 1. The number of amides is 1. The summed E-state index contributed by atoms with van der Waals surface area (Å²) in [4.78, 5) is 19.8. The molecule has 1 aliphatic rings. The van der Waals surface area contributed by atoms with E-state index in [2.05, 4.69) is 49.9 Å². The number of piperidine rings is 1. The summed E-state index contributed by atoms with van der Waals surface area (Å²) in [7, 11) is 2.17. The van der Waals surface area contributed by atoms with Crippen molar-refractivity contribution < 1.29 is 4.79 Å². The van der Waals surface area contributed by atoms with Crippen LogP contribution in [0.1, 0.15) is 40.2 Å². The summed E-state index contributed by atoms with van der Waals surface area (Å²) in [5, 5.41) is 14.2. The Labute approximate surface area is 193 Å². The number of para-hydroxylation sites is 1. The fourth-order valence-corrected chi connectivity index (χ4v) is 4.35. The molecule has 1 saturated heterocycles. The zero-order valence-corrected chi connectivity index (χ0v) is 18.9. The van der Waals surface area contributed by atoms with Gasteiger partial charge in [-0.2, -0.15) is 5.10 Å². The molecule has 0 spiro atoms. The smallest absolute Gasteiger partial charge is 0.256 e. The van der Waals surface area contributed by atoms with Gasteiger partial charge < -0.3 is 15.5 Å². The molecule has 0 aliphatic carbocycles. The molecule has 168 valence electrons. The average Bonchev–Trinajstić information content (AvgIpc) is 3.23. The van der Waals surface area contributed by atoms with Gasteiger partial charge in [-0.15, -0.1) is 0 Å². The van der Waals surface area contributed by atoms with Crippen molar-refractivity contribution in [2.75, 3.05) is 30.8 Å². The predicted molar refractivity (Wildman–Crippen MR) is 132 cm³/mol. The Kier molecular flexibility index (Phi) is 5.79. The van der Waals surface area contributed by atoms with Gasteiger partial charge in [-0.25, -0.2) is 4.98 Å². The van der Waals surface area contributed by atoms with Crippen LogP contribution in [0.4, 0.5) is 17.3 Å². The highest BCUT2D eigenvalue weighted by Gasteiger charge is 2.19. The zero-order valence-electron chi connectivity index (χ0n) is 18.9. The lowest BCUT2D eigenvalue weighted by Crippen LogP contribution is -2.29. The van der Waals surface area contributed by atoms with E-state index in [4.69, 9.17) is 0 Å². The standard InChI is InChI=1S/C26H28N6O/c1-17-5-3-4-6-22(17)27-23-12-11-21-24(28-23)30-31-25(21)29-26(33)20-9-7-18(8-10-20)19-13-15-32(2)16-14-19/h3-12,19H,13-16H2,1-2H3,(H3,27,28,29,30,31,33). The number of benzene rings is 2. The minimum Gasteiger partial charge on any atom is -0.340 e. The Balaban J connectivity index is 1.28. The largest absolute Gasteiger partial charge is 0.340 e. The van der Waals surface area contributed by atoms with E-state index in [1.165, 1.54) is 5.56 Å². The lowest BCUT2D eigenvalue weighted by atomic mass is 9.89. The van der Waals surface area contributed by atoms with Crippen LogP contribution < -0.4 is 10.6 Å². The molecule has 0 atom stereocenters. The summed E-state index contributed by atoms with van der Waals surface area (Å²) in [6, 6.07) is 19.8. The average molecular weight is 441 g/mol. The number of hydrogen-bond donors (Lipinski definition) is 3. The van der Waals surface area contributed by atoms with Crippen LogP contribution in [0.2, 0.25) is 0 Å². The molecule has 7 nitrogen and oxygen atoms in total. The third-order valence-corrected chi connectivity index (χ3v) is 6.43. The molecule has 5 rings (SSSR count). The number of aromatic amines is 1. The first kappa shape index (κ1) is 21.2. The van der Waals surface area contributed by atoms with Gasteiger partial charge in [0.2, 0.25) is 0 Å². The summed E-state index contributed by atoms with van der Waals surface area (Å²) in [6.45, 7) is 4.29. The number of aromatic nitrogens is 3. The molecule has 1 aliphatic heterocycles. The lowest BCUT2D eigenvalue weighted by molar-refractivity contribution is 0.102. The molecule has 0 unspecified atom stereocenters. The van der Waals surface area contributed by atoms with E-state index in [-0.39, 0.29) is 5.91 Å². The molecule has 7 heteroatoms. The SMILES string of the molecule is Cc1ccccc1Nc1ccc2c(NC(=O)c3ccc(C4CCN(C)CC4)cc3)n[nH]c2n1. The number of aryl methyl sites for hydroxylation is 1. The van der Waals surface area contributed by atoms with E-state index in [1.807, 2.05) is 55.5 Å². The Morgan fingerprint density at radius 2 is 1.79 bits per heavy atom. The third-order valence-electron chi connectivity index (χ3n) is 6.43. The van der Waals surface area contributed by atoms with Gasteiger partial charge in [-0.1, -0.05) is 30.3 Å². The monoisotopic (exact) mass is 440 g/mol. The quantitative estimate of drug-likeness (QED) is 0.403. The van der Waals surface area contributed by atoms with Crippen LogP contribution in [0.15, 0.2) is 60.7 Å². The molecular formula is C26H28N6O. The molecule has 0 saturated carbocycles. The fourth-order valence-electron chi connectivity index (χ4n) is 4.35. The Bertz CT molecular complexity index is 1270. The number of carbonyl (C=O) groups excluding carboxylic acids is 1. The number of H-pyrrole nitrogens is 1. The Hall–Kier alpha value is -3.71. The van der Waals surface area contributed by atoms with Crippen molar-refractivity contribution in [2.24, 2.45) is 0 Å². The second-order valence-electron chi connectivity index (χ2n) is 8.76. The van der Waals surface area contributed by atoms with E-state index >= 15 is 0 Å². The van der Waals surface area contributed by atoms with E-state index in [0.717, 1.165) is 42.6 Å². The highest BCUT2D eigenvalue weighted by molar-refractivity contribution is 6.07. The van der Waals surface area contributed by atoms with Crippen molar-refractivity contribution in [1.29, 1.82) is 0 Å². The summed E-state index contributed by atoms with van der Waals surface area (Å²) in [5.74, 6) is 1.58. The zero-order chi connectivity index (χ0) is 22.8. The summed E-state index contributed by atoms with van der Waals surface area (Å²) < 4.78 is 0. The van der Waals surface area contributed by atoms with Crippen molar-refractivity contribution in [2.45, 2.75) is 25.7 Å². The topological polar surface area (TPSA) is 85.9 Å². The molecular weight excluding hydrogens is 412 g/mol.